The Morgan fingerprint density at radius 1 is 1.33 bits per heavy atom. The molecular weight excluding hydrogens is 268 g/mol. The molecule has 2 rings (SSSR count). The predicted octanol–water partition coefficient (Wildman–Crippen LogP) is 1.47. The Kier molecular flexibility index (Phi) is 4.80. The molecule has 0 unspecified atom stereocenters. The van der Waals surface area contributed by atoms with E-state index in [1.807, 2.05) is 15.6 Å². The maximum atomic E-state index is 9.27. The standard InChI is InChI=1S/C15H24N4O2/c1-15(2,3)13-11-12-14(16-5-6-19(12)17-13)18(7-9-20)8-10-21-4/h5-6,11,20H,7-10H2,1-4H3. The SMILES string of the molecule is COCCN(CCO)c1nccn2nc(C(C)(C)C)cc12. The molecule has 0 aromatic carbocycles. The van der Waals surface area contributed by atoms with Crippen molar-refractivity contribution < 1.29 is 9.84 Å². The summed E-state index contributed by atoms with van der Waals surface area (Å²) in [6, 6.07) is 2.07. The van der Waals surface area contributed by atoms with Crippen molar-refractivity contribution in [2.75, 3.05) is 38.3 Å². The van der Waals surface area contributed by atoms with E-state index in [0.29, 0.717) is 19.7 Å². The van der Waals surface area contributed by atoms with Crippen LogP contribution in [0.5, 0.6) is 0 Å². The van der Waals surface area contributed by atoms with E-state index in [4.69, 9.17) is 4.74 Å². The maximum Gasteiger partial charge on any atom is 0.154 e. The molecule has 1 N–H and O–H groups in total. The number of anilines is 1. The van der Waals surface area contributed by atoms with Crippen molar-refractivity contribution in [1.82, 2.24) is 14.6 Å². The van der Waals surface area contributed by atoms with Gasteiger partial charge in [0, 0.05) is 38.0 Å². The molecule has 0 aliphatic rings. The van der Waals surface area contributed by atoms with Gasteiger partial charge >= 0.3 is 0 Å². The Morgan fingerprint density at radius 2 is 2.10 bits per heavy atom. The first kappa shape index (κ1) is 15.7. The zero-order valence-electron chi connectivity index (χ0n) is 13.2. The largest absolute Gasteiger partial charge is 0.395 e. The number of nitrogens with zero attached hydrogens (tertiary/aromatic N) is 4. The second kappa shape index (κ2) is 6.41. The number of aromatic nitrogens is 3. The lowest BCUT2D eigenvalue weighted by Gasteiger charge is -2.22. The summed E-state index contributed by atoms with van der Waals surface area (Å²) < 4.78 is 6.99. The topological polar surface area (TPSA) is 62.9 Å². The zero-order chi connectivity index (χ0) is 15.5. The Labute approximate surface area is 125 Å². The van der Waals surface area contributed by atoms with Gasteiger partial charge in [0.05, 0.1) is 18.9 Å². The number of fused-ring (bicyclic) bond motifs is 1. The Balaban J connectivity index is 2.44. The van der Waals surface area contributed by atoms with Crippen LogP contribution in [0.1, 0.15) is 26.5 Å². The summed E-state index contributed by atoms with van der Waals surface area (Å²) in [5, 5.41) is 13.9. The fourth-order valence-corrected chi connectivity index (χ4v) is 2.16. The lowest BCUT2D eigenvalue weighted by Crippen LogP contribution is -2.31. The lowest BCUT2D eigenvalue weighted by molar-refractivity contribution is 0.202. The normalized spacial score (nSPS) is 12.0. The highest BCUT2D eigenvalue weighted by Gasteiger charge is 2.20. The van der Waals surface area contributed by atoms with Crippen molar-refractivity contribution in [2.45, 2.75) is 26.2 Å². The summed E-state index contributed by atoms with van der Waals surface area (Å²) in [5.74, 6) is 0.826. The second-order valence-electron chi connectivity index (χ2n) is 6.06. The lowest BCUT2D eigenvalue weighted by atomic mass is 9.92. The monoisotopic (exact) mass is 292 g/mol. The fraction of sp³-hybridized carbons (Fsp3) is 0.600. The van der Waals surface area contributed by atoms with Crippen molar-refractivity contribution in [2.24, 2.45) is 0 Å². The average Bonchev–Trinajstić information content (AvgIpc) is 2.87. The van der Waals surface area contributed by atoms with Crippen LogP contribution >= 0.6 is 0 Å². The Morgan fingerprint density at radius 3 is 2.71 bits per heavy atom. The van der Waals surface area contributed by atoms with Crippen LogP contribution in [0.2, 0.25) is 0 Å². The number of ether oxygens (including phenoxy) is 1. The van der Waals surface area contributed by atoms with Crippen LogP contribution in [-0.2, 0) is 10.2 Å². The zero-order valence-corrected chi connectivity index (χ0v) is 13.2. The van der Waals surface area contributed by atoms with E-state index in [1.165, 1.54) is 0 Å². The molecule has 0 saturated carbocycles. The molecule has 0 saturated heterocycles. The molecule has 2 aromatic heterocycles. The van der Waals surface area contributed by atoms with Crippen molar-refractivity contribution in [3.05, 3.63) is 24.2 Å². The van der Waals surface area contributed by atoms with Crippen molar-refractivity contribution in [3.63, 3.8) is 0 Å². The predicted molar refractivity (Wildman–Crippen MR) is 82.9 cm³/mol. The molecule has 0 spiro atoms. The van der Waals surface area contributed by atoms with Crippen LogP contribution in [0.4, 0.5) is 5.82 Å². The third kappa shape index (κ3) is 3.51. The smallest absolute Gasteiger partial charge is 0.154 e. The van der Waals surface area contributed by atoms with Crippen LogP contribution in [0.3, 0.4) is 0 Å². The van der Waals surface area contributed by atoms with Gasteiger partial charge in [0.2, 0.25) is 0 Å². The molecule has 0 fully saturated rings. The summed E-state index contributed by atoms with van der Waals surface area (Å²) >= 11 is 0. The number of aliphatic hydroxyl groups excluding tert-OH is 1. The number of hydrogen-bond donors (Lipinski definition) is 1. The first-order valence-corrected chi connectivity index (χ1v) is 7.17. The van der Waals surface area contributed by atoms with Gasteiger partial charge in [-0.15, -0.1) is 0 Å². The Hall–Kier alpha value is -1.66. The van der Waals surface area contributed by atoms with E-state index in [2.05, 4.69) is 36.9 Å². The summed E-state index contributed by atoms with van der Waals surface area (Å²) in [7, 11) is 1.67. The molecule has 0 aliphatic carbocycles. The average molecular weight is 292 g/mol. The van der Waals surface area contributed by atoms with E-state index in [0.717, 1.165) is 17.0 Å². The highest BCUT2D eigenvalue weighted by molar-refractivity contribution is 5.69. The third-order valence-corrected chi connectivity index (χ3v) is 3.37. The van der Waals surface area contributed by atoms with Gasteiger partial charge in [0.25, 0.3) is 0 Å². The van der Waals surface area contributed by atoms with Gasteiger partial charge in [-0.2, -0.15) is 5.10 Å². The summed E-state index contributed by atoms with van der Waals surface area (Å²) in [4.78, 5) is 6.49. The van der Waals surface area contributed by atoms with Crippen LogP contribution in [-0.4, -0.2) is 53.1 Å². The van der Waals surface area contributed by atoms with Crippen molar-refractivity contribution in [1.29, 1.82) is 0 Å². The third-order valence-electron chi connectivity index (χ3n) is 3.37. The highest BCUT2D eigenvalue weighted by atomic mass is 16.5. The first-order valence-electron chi connectivity index (χ1n) is 7.17. The van der Waals surface area contributed by atoms with Crippen molar-refractivity contribution in [3.8, 4) is 0 Å². The molecule has 0 radical (unpaired) electrons. The molecule has 2 heterocycles. The van der Waals surface area contributed by atoms with Gasteiger partial charge in [-0.25, -0.2) is 9.50 Å². The summed E-state index contributed by atoms with van der Waals surface area (Å²) in [6.07, 6.45) is 3.58. The fourth-order valence-electron chi connectivity index (χ4n) is 2.16. The van der Waals surface area contributed by atoms with Gasteiger partial charge in [-0.3, -0.25) is 0 Å². The number of methoxy groups -OCH3 is 1. The molecule has 0 amide bonds. The first-order chi connectivity index (χ1) is 9.97. The van der Waals surface area contributed by atoms with Crippen LogP contribution in [0.25, 0.3) is 5.52 Å². The quantitative estimate of drug-likeness (QED) is 0.873. The van der Waals surface area contributed by atoms with E-state index in [1.54, 1.807) is 13.3 Å². The van der Waals surface area contributed by atoms with Crippen LogP contribution in [0, 0.1) is 0 Å². The second-order valence-corrected chi connectivity index (χ2v) is 6.06. The molecule has 2 aromatic rings. The summed E-state index contributed by atoms with van der Waals surface area (Å²) in [5.41, 5.74) is 1.96. The molecule has 6 nitrogen and oxygen atoms in total. The van der Waals surface area contributed by atoms with Gasteiger partial charge in [-0.1, -0.05) is 20.8 Å². The molecular formula is C15H24N4O2. The van der Waals surface area contributed by atoms with E-state index >= 15 is 0 Å². The summed E-state index contributed by atoms with van der Waals surface area (Å²) in [6.45, 7) is 8.27. The minimum atomic E-state index is -0.0162. The minimum absolute atomic E-state index is 0.0162. The molecule has 0 atom stereocenters. The van der Waals surface area contributed by atoms with Gasteiger partial charge < -0.3 is 14.7 Å². The molecule has 116 valence electrons. The van der Waals surface area contributed by atoms with Crippen LogP contribution < -0.4 is 4.90 Å². The van der Waals surface area contributed by atoms with Crippen LogP contribution in [0.15, 0.2) is 18.5 Å². The maximum absolute atomic E-state index is 9.27. The van der Waals surface area contributed by atoms with E-state index < -0.39 is 0 Å². The molecule has 21 heavy (non-hydrogen) atoms. The van der Waals surface area contributed by atoms with Crippen molar-refractivity contribution >= 4 is 11.3 Å². The van der Waals surface area contributed by atoms with Gasteiger partial charge in [0.1, 0.15) is 5.52 Å². The molecule has 6 heteroatoms. The Bertz CT molecular complexity index is 589. The number of hydrogen-bond acceptors (Lipinski definition) is 5. The number of aliphatic hydroxyl groups is 1. The molecule has 0 aliphatic heterocycles. The van der Waals surface area contributed by atoms with E-state index in [9.17, 15) is 5.11 Å². The van der Waals surface area contributed by atoms with Gasteiger partial charge in [0.15, 0.2) is 5.82 Å². The van der Waals surface area contributed by atoms with E-state index in [-0.39, 0.29) is 12.0 Å². The molecule has 0 bridgehead atoms. The minimum Gasteiger partial charge on any atom is -0.395 e. The highest BCUT2D eigenvalue weighted by Crippen LogP contribution is 2.26. The van der Waals surface area contributed by atoms with Gasteiger partial charge in [-0.05, 0) is 6.07 Å². The number of rotatable bonds is 6.